The van der Waals surface area contributed by atoms with Crippen LogP contribution in [0.1, 0.15) is 48.5 Å². The SMILES string of the molecule is COC(=O)[C@H](C)NC(=O)C1(C(C)(C)C)C(C(C)(C)C)N(C(=O)O)CCN1C(=O)O. The summed E-state index contributed by atoms with van der Waals surface area (Å²) in [5, 5.41) is 22.4. The fourth-order valence-electron chi connectivity index (χ4n) is 4.38. The van der Waals surface area contributed by atoms with E-state index in [9.17, 15) is 29.4 Å². The van der Waals surface area contributed by atoms with Crippen molar-refractivity contribution in [3.8, 4) is 0 Å². The van der Waals surface area contributed by atoms with E-state index in [0.717, 1.165) is 9.80 Å². The van der Waals surface area contributed by atoms with E-state index in [-0.39, 0.29) is 13.1 Å². The Kier molecular flexibility index (Phi) is 6.83. The molecule has 0 aliphatic carbocycles. The summed E-state index contributed by atoms with van der Waals surface area (Å²) >= 11 is 0. The van der Waals surface area contributed by atoms with Gasteiger partial charge >= 0.3 is 18.2 Å². The molecule has 1 aliphatic rings. The zero-order valence-electron chi connectivity index (χ0n) is 18.4. The van der Waals surface area contributed by atoms with Gasteiger partial charge in [0.15, 0.2) is 5.54 Å². The van der Waals surface area contributed by atoms with E-state index in [1.807, 2.05) is 0 Å². The van der Waals surface area contributed by atoms with Crippen LogP contribution in [0.5, 0.6) is 0 Å². The van der Waals surface area contributed by atoms with Gasteiger partial charge < -0.3 is 25.2 Å². The monoisotopic (exact) mass is 415 g/mol. The van der Waals surface area contributed by atoms with Crippen molar-refractivity contribution in [2.75, 3.05) is 20.2 Å². The van der Waals surface area contributed by atoms with E-state index in [1.165, 1.54) is 14.0 Å². The molecule has 3 amide bonds. The van der Waals surface area contributed by atoms with E-state index < -0.39 is 52.5 Å². The average molecular weight is 415 g/mol. The van der Waals surface area contributed by atoms with Crippen LogP contribution < -0.4 is 5.32 Å². The van der Waals surface area contributed by atoms with Gasteiger partial charge in [-0.25, -0.2) is 14.4 Å². The number of ether oxygens (including phenoxy) is 1. The van der Waals surface area contributed by atoms with Crippen molar-refractivity contribution in [1.82, 2.24) is 15.1 Å². The Bertz CT molecular complexity index is 680. The topological polar surface area (TPSA) is 136 Å². The summed E-state index contributed by atoms with van der Waals surface area (Å²) in [7, 11) is 1.18. The van der Waals surface area contributed by atoms with Crippen LogP contribution >= 0.6 is 0 Å². The van der Waals surface area contributed by atoms with Gasteiger partial charge in [0, 0.05) is 13.1 Å². The summed E-state index contributed by atoms with van der Waals surface area (Å²) in [5.41, 5.74) is -3.61. The van der Waals surface area contributed by atoms with E-state index in [1.54, 1.807) is 41.5 Å². The Morgan fingerprint density at radius 1 is 1.03 bits per heavy atom. The van der Waals surface area contributed by atoms with E-state index in [0.29, 0.717) is 0 Å². The van der Waals surface area contributed by atoms with Gasteiger partial charge in [-0.3, -0.25) is 9.69 Å². The Morgan fingerprint density at radius 3 is 1.90 bits per heavy atom. The number of nitrogens with one attached hydrogen (secondary N) is 1. The molecule has 0 spiro atoms. The van der Waals surface area contributed by atoms with Gasteiger partial charge in [0.1, 0.15) is 6.04 Å². The normalized spacial score (nSPS) is 23.9. The number of amides is 3. The number of methoxy groups -OCH3 is 1. The molecule has 2 unspecified atom stereocenters. The first-order valence-electron chi connectivity index (χ1n) is 9.42. The standard InChI is InChI=1S/C19H33N3O7/c1-11(12(23)29-8)20-14(24)19(18(5,6)7)13(17(2,3)4)21(15(25)26)9-10-22(19)16(27)28/h11,13H,9-10H2,1-8H3,(H,20,24)(H,25,26)(H,27,28)/t11-,13?,19?/m0/s1. The van der Waals surface area contributed by atoms with E-state index in [2.05, 4.69) is 10.1 Å². The predicted molar refractivity (Wildman–Crippen MR) is 105 cm³/mol. The van der Waals surface area contributed by atoms with Crippen molar-refractivity contribution in [2.45, 2.75) is 66.1 Å². The first-order chi connectivity index (χ1) is 13.0. The van der Waals surface area contributed by atoms with Gasteiger partial charge in [-0.15, -0.1) is 0 Å². The van der Waals surface area contributed by atoms with Crippen LogP contribution in [0.3, 0.4) is 0 Å². The molecule has 0 aromatic rings. The van der Waals surface area contributed by atoms with Crippen molar-refractivity contribution in [3.05, 3.63) is 0 Å². The third kappa shape index (κ3) is 4.25. The molecule has 0 bridgehead atoms. The van der Waals surface area contributed by atoms with E-state index >= 15 is 0 Å². The van der Waals surface area contributed by atoms with Crippen LogP contribution in [-0.4, -0.2) is 81.9 Å². The minimum Gasteiger partial charge on any atom is -0.467 e. The van der Waals surface area contributed by atoms with Crippen LogP contribution in [0.15, 0.2) is 0 Å². The molecule has 0 radical (unpaired) electrons. The highest BCUT2D eigenvalue weighted by atomic mass is 16.5. The van der Waals surface area contributed by atoms with Crippen LogP contribution in [0.25, 0.3) is 0 Å². The maximum atomic E-state index is 13.7. The van der Waals surface area contributed by atoms with Crippen molar-refractivity contribution < 1.29 is 34.1 Å². The first kappa shape index (κ1) is 24.5. The number of carboxylic acid groups (broad SMARTS) is 2. The van der Waals surface area contributed by atoms with Crippen molar-refractivity contribution >= 4 is 24.1 Å². The molecule has 1 rings (SSSR count). The molecule has 0 aromatic carbocycles. The molecule has 10 nitrogen and oxygen atoms in total. The molecule has 3 N–H and O–H groups in total. The highest BCUT2D eigenvalue weighted by molar-refractivity contribution is 5.95. The lowest BCUT2D eigenvalue weighted by atomic mass is 9.59. The number of hydrogen-bond acceptors (Lipinski definition) is 5. The molecule has 0 saturated carbocycles. The third-order valence-corrected chi connectivity index (χ3v) is 5.39. The maximum absolute atomic E-state index is 13.7. The maximum Gasteiger partial charge on any atom is 0.408 e. The van der Waals surface area contributed by atoms with Gasteiger partial charge in [-0.2, -0.15) is 0 Å². The van der Waals surface area contributed by atoms with Crippen LogP contribution in [0.4, 0.5) is 9.59 Å². The molecular formula is C19H33N3O7. The molecule has 1 heterocycles. The summed E-state index contributed by atoms with van der Waals surface area (Å²) in [5.74, 6) is -1.43. The second-order valence-corrected chi connectivity index (χ2v) is 9.41. The molecule has 3 atom stereocenters. The Hall–Kier alpha value is -2.52. The second-order valence-electron chi connectivity index (χ2n) is 9.41. The number of carbonyl (C=O) groups excluding carboxylic acids is 2. The lowest BCUT2D eigenvalue weighted by molar-refractivity contribution is -0.165. The van der Waals surface area contributed by atoms with Crippen molar-refractivity contribution in [3.63, 3.8) is 0 Å². The fourth-order valence-corrected chi connectivity index (χ4v) is 4.38. The van der Waals surface area contributed by atoms with Crippen molar-refractivity contribution in [1.29, 1.82) is 0 Å². The Balaban J connectivity index is 3.83. The summed E-state index contributed by atoms with van der Waals surface area (Å²) in [4.78, 5) is 52.0. The Morgan fingerprint density at radius 2 is 1.55 bits per heavy atom. The molecule has 0 aromatic heterocycles. The molecule has 1 aliphatic heterocycles. The van der Waals surface area contributed by atoms with Gasteiger partial charge in [-0.1, -0.05) is 41.5 Å². The zero-order valence-corrected chi connectivity index (χ0v) is 18.4. The molecular weight excluding hydrogens is 382 g/mol. The molecule has 1 saturated heterocycles. The summed E-state index contributed by atoms with van der Waals surface area (Å²) < 4.78 is 4.66. The highest BCUT2D eigenvalue weighted by Crippen LogP contribution is 2.49. The number of esters is 1. The molecule has 29 heavy (non-hydrogen) atoms. The second kappa shape index (κ2) is 8.08. The number of nitrogens with zero attached hydrogens (tertiary/aromatic N) is 2. The average Bonchev–Trinajstić information content (AvgIpc) is 2.56. The lowest BCUT2D eigenvalue weighted by Crippen LogP contribution is -2.82. The molecule has 166 valence electrons. The van der Waals surface area contributed by atoms with E-state index in [4.69, 9.17) is 0 Å². The van der Waals surface area contributed by atoms with Crippen LogP contribution in [0.2, 0.25) is 0 Å². The number of hydrogen-bond donors (Lipinski definition) is 3. The molecule has 1 fully saturated rings. The highest BCUT2D eigenvalue weighted by Gasteiger charge is 2.66. The number of piperazine rings is 1. The number of carbonyl (C=O) groups is 4. The predicted octanol–water partition coefficient (Wildman–Crippen LogP) is 1.84. The summed E-state index contributed by atoms with van der Waals surface area (Å²) in [6.07, 6.45) is -2.57. The molecule has 10 heteroatoms. The van der Waals surface area contributed by atoms with Crippen LogP contribution in [-0.2, 0) is 14.3 Å². The fraction of sp³-hybridized carbons (Fsp3) is 0.789. The quantitative estimate of drug-likeness (QED) is 0.598. The van der Waals surface area contributed by atoms with Crippen molar-refractivity contribution in [2.24, 2.45) is 10.8 Å². The Labute approximate surface area is 171 Å². The summed E-state index contributed by atoms with van der Waals surface area (Å²) in [6, 6.07) is -2.05. The lowest BCUT2D eigenvalue weighted by Gasteiger charge is -2.61. The smallest absolute Gasteiger partial charge is 0.408 e. The minimum absolute atomic E-state index is 0.0682. The van der Waals surface area contributed by atoms with Gasteiger partial charge in [0.05, 0.1) is 13.2 Å². The summed E-state index contributed by atoms with van der Waals surface area (Å²) in [6.45, 7) is 11.5. The van der Waals surface area contributed by atoms with Gasteiger partial charge in [-0.05, 0) is 17.8 Å². The third-order valence-electron chi connectivity index (χ3n) is 5.39. The number of rotatable bonds is 3. The zero-order chi connectivity index (χ0) is 22.9. The largest absolute Gasteiger partial charge is 0.467 e. The van der Waals surface area contributed by atoms with Crippen LogP contribution in [0, 0.1) is 10.8 Å². The first-order valence-corrected chi connectivity index (χ1v) is 9.42. The minimum atomic E-state index is -1.80. The van der Waals surface area contributed by atoms with Gasteiger partial charge in [0.25, 0.3) is 0 Å². The van der Waals surface area contributed by atoms with Gasteiger partial charge in [0.2, 0.25) is 5.91 Å².